The fourth-order valence-corrected chi connectivity index (χ4v) is 6.23. The fraction of sp³-hybridized carbons (Fsp3) is 0.522. The first-order valence-electron chi connectivity index (χ1n) is 10.9. The Kier molecular flexibility index (Phi) is 9.37. The molecule has 0 saturated carbocycles. The number of rotatable bonds is 5. The van der Waals surface area contributed by atoms with Crippen molar-refractivity contribution in [3.05, 3.63) is 42.6 Å². The minimum Gasteiger partial charge on any atom is -0.354 e. The van der Waals surface area contributed by atoms with Crippen LogP contribution < -0.4 is 4.90 Å². The van der Waals surface area contributed by atoms with Crippen LogP contribution in [0.5, 0.6) is 0 Å². The maximum absolute atomic E-state index is 13.0. The first kappa shape index (κ1) is 26.9. The number of hydrogen-bond acceptors (Lipinski definition) is 5. The number of piperazine rings is 1. The van der Waals surface area contributed by atoms with Crippen LogP contribution in [-0.2, 0) is 10.0 Å². The van der Waals surface area contributed by atoms with Crippen molar-refractivity contribution in [3.63, 3.8) is 0 Å². The highest BCUT2D eigenvalue weighted by Gasteiger charge is 2.32. The molecule has 3 heterocycles. The zero-order valence-corrected chi connectivity index (χ0v) is 21.4. The summed E-state index contributed by atoms with van der Waals surface area (Å²) in [5.74, 6) is 0.977. The Labute approximate surface area is 204 Å². The molecule has 1 atom stereocenters. The molecule has 0 unspecified atom stereocenters. The van der Waals surface area contributed by atoms with Crippen LogP contribution in [0.1, 0.15) is 33.6 Å². The number of nitrogens with zero attached hydrogens (tertiary/aromatic N) is 4. The van der Waals surface area contributed by atoms with Crippen molar-refractivity contribution < 1.29 is 8.42 Å². The molecule has 4 rings (SSSR count). The second-order valence-corrected chi connectivity index (χ2v) is 10.5. The Bertz CT molecular complexity index is 978. The van der Waals surface area contributed by atoms with Gasteiger partial charge in [-0.2, -0.15) is 4.31 Å². The van der Waals surface area contributed by atoms with E-state index in [1.807, 2.05) is 31.3 Å². The molecular formula is C23H34Cl2N4O2S. The molecular weight excluding hydrogens is 467 g/mol. The molecule has 2 aliphatic rings. The van der Waals surface area contributed by atoms with Gasteiger partial charge in [0.05, 0.1) is 4.90 Å². The van der Waals surface area contributed by atoms with Gasteiger partial charge >= 0.3 is 0 Å². The number of pyridine rings is 1. The average Bonchev–Trinajstić information content (AvgIpc) is 3.21. The Morgan fingerprint density at radius 3 is 2.19 bits per heavy atom. The van der Waals surface area contributed by atoms with Gasteiger partial charge in [-0.1, -0.05) is 12.1 Å². The SMILES string of the molecule is CC(C)N1CCN(c2ncccc2-c2ccc(S(=O)(=O)N3CCC[C@@H]3C)cc2)CC1.Cl.Cl. The van der Waals surface area contributed by atoms with Crippen LogP contribution in [0.25, 0.3) is 11.1 Å². The first-order chi connectivity index (χ1) is 14.4. The third-order valence-electron chi connectivity index (χ3n) is 6.39. The molecule has 178 valence electrons. The average molecular weight is 502 g/mol. The van der Waals surface area contributed by atoms with Crippen LogP contribution in [0.2, 0.25) is 0 Å². The molecule has 9 heteroatoms. The third kappa shape index (κ3) is 5.39. The van der Waals surface area contributed by atoms with Crippen molar-refractivity contribution >= 4 is 40.7 Å². The van der Waals surface area contributed by atoms with Gasteiger partial charge in [0, 0.05) is 56.6 Å². The van der Waals surface area contributed by atoms with Gasteiger partial charge in [0.2, 0.25) is 10.0 Å². The molecule has 2 aliphatic heterocycles. The molecule has 0 spiro atoms. The van der Waals surface area contributed by atoms with E-state index >= 15 is 0 Å². The van der Waals surface area contributed by atoms with Crippen molar-refractivity contribution in [2.24, 2.45) is 0 Å². The topological polar surface area (TPSA) is 56.8 Å². The normalized spacial score (nSPS) is 20.1. The minimum atomic E-state index is -3.43. The molecule has 0 aliphatic carbocycles. The molecule has 2 aromatic rings. The molecule has 0 amide bonds. The van der Waals surface area contributed by atoms with Gasteiger partial charge in [-0.25, -0.2) is 13.4 Å². The fourth-order valence-electron chi connectivity index (χ4n) is 4.53. The molecule has 0 bridgehead atoms. The monoisotopic (exact) mass is 500 g/mol. The maximum Gasteiger partial charge on any atom is 0.243 e. The van der Waals surface area contributed by atoms with E-state index in [0.29, 0.717) is 17.5 Å². The number of sulfonamides is 1. The van der Waals surface area contributed by atoms with E-state index in [0.717, 1.165) is 56.0 Å². The number of halogens is 2. The lowest BCUT2D eigenvalue weighted by Gasteiger charge is -2.38. The number of anilines is 1. The van der Waals surface area contributed by atoms with E-state index in [4.69, 9.17) is 0 Å². The first-order valence-corrected chi connectivity index (χ1v) is 12.4. The molecule has 2 fully saturated rings. The van der Waals surface area contributed by atoms with Crippen molar-refractivity contribution in [2.45, 2.75) is 50.6 Å². The van der Waals surface area contributed by atoms with Crippen LogP contribution in [0.15, 0.2) is 47.5 Å². The smallest absolute Gasteiger partial charge is 0.243 e. The predicted molar refractivity (Wildman–Crippen MR) is 136 cm³/mol. The van der Waals surface area contributed by atoms with Crippen LogP contribution in [0.3, 0.4) is 0 Å². The van der Waals surface area contributed by atoms with Gasteiger partial charge in [-0.15, -0.1) is 24.8 Å². The number of hydrogen-bond donors (Lipinski definition) is 0. The second kappa shape index (κ2) is 11.2. The molecule has 32 heavy (non-hydrogen) atoms. The Hall–Kier alpha value is -1.38. The summed E-state index contributed by atoms with van der Waals surface area (Å²) in [4.78, 5) is 9.87. The second-order valence-electron chi connectivity index (χ2n) is 8.62. The van der Waals surface area contributed by atoms with Gasteiger partial charge in [0.1, 0.15) is 5.82 Å². The van der Waals surface area contributed by atoms with Crippen LogP contribution >= 0.6 is 24.8 Å². The lowest BCUT2D eigenvalue weighted by atomic mass is 10.1. The Morgan fingerprint density at radius 1 is 0.969 bits per heavy atom. The van der Waals surface area contributed by atoms with E-state index in [1.54, 1.807) is 16.4 Å². The highest BCUT2D eigenvalue weighted by Crippen LogP contribution is 2.32. The summed E-state index contributed by atoms with van der Waals surface area (Å²) in [5.41, 5.74) is 2.05. The summed E-state index contributed by atoms with van der Waals surface area (Å²) < 4.78 is 27.6. The van der Waals surface area contributed by atoms with Crippen molar-refractivity contribution in [1.82, 2.24) is 14.2 Å². The van der Waals surface area contributed by atoms with Crippen molar-refractivity contribution in [1.29, 1.82) is 0 Å². The van der Waals surface area contributed by atoms with E-state index in [1.165, 1.54) is 0 Å². The molecule has 1 aromatic carbocycles. The summed E-state index contributed by atoms with van der Waals surface area (Å²) in [6, 6.07) is 12.0. The predicted octanol–water partition coefficient (Wildman–Crippen LogP) is 4.30. The highest BCUT2D eigenvalue weighted by atomic mass is 35.5. The summed E-state index contributed by atoms with van der Waals surface area (Å²) in [7, 11) is -3.43. The van der Waals surface area contributed by atoms with Crippen LogP contribution in [0.4, 0.5) is 5.82 Å². The molecule has 1 aromatic heterocycles. The van der Waals surface area contributed by atoms with Gasteiger partial charge in [0.25, 0.3) is 0 Å². The summed E-state index contributed by atoms with van der Waals surface area (Å²) >= 11 is 0. The van der Waals surface area contributed by atoms with Gasteiger partial charge in [-0.05, 0) is 63.4 Å². The van der Waals surface area contributed by atoms with Crippen LogP contribution in [0, 0.1) is 0 Å². The van der Waals surface area contributed by atoms with Gasteiger partial charge in [-0.3, -0.25) is 4.90 Å². The van der Waals surface area contributed by atoms with E-state index in [2.05, 4.69) is 34.7 Å². The summed E-state index contributed by atoms with van der Waals surface area (Å²) in [6.45, 7) is 11.0. The lowest BCUT2D eigenvalue weighted by Crippen LogP contribution is -2.49. The molecule has 0 radical (unpaired) electrons. The zero-order chi connectivity index (χ0) is 21.3. The maximum atomic E-state index is 13.0. The van der Waals surface area contributed by atoms with E-state index in [-0.39, 0.29) is 30.9 Å². The molecule has 6 nitrogen and oxygen atoms in total. The molecule has 2 saturated heterocycles. The number of benzene rings is 1. The Morgan fingerprint density at radius 2 is 1.62 bits per heavy atom. The van der Waals surface area contributed by atoms with Crippen LogP contribution in [-0.4, -0.2) is 67.4 Å². The van der Waals surface area contributed by atoms with E-state index in [9.17, 15) is 8.42 Å². The largest absolute Gasteiger partial charge is 0.354 e. The van der Waals surface area contributed by atoms with Gasteiger partial charge in [0.15, 0.2) is 0 Å². The van der Waals surface area contributed by atoms with Gasteiger partial charge < -0.3 is 4.90 Å². The summed E-state index contributed by atoms with van der Waals surface area (Å²) in [6.07, 6.45) is 3.70. The number of aromatic nitrogens is 1. The standard InChI is InChI=1S/C23H32N4O2S.2ClH/c1-18(2)25-14-16-26(17-15-25)23-22(7-4-12-24-23)20-8-10-21(11-9-20)30(28,29)27-13-5-6-19(27)3;;/h4,7-12,18-19H,5-6,13-17H2,1-3H3;2*1H/t19-;;/m0../s1. The summed E-state index contributed by atoms with van der Waals surface area (Å²) in [5, 5.41) is 0. The molecule has 0 N–H and O–H groups in total. The minimum absolute atomic E-state index is 0. The van der Waals surface area contributed by atoms with Crippen molar-refractivity contribution in [3.8, 4) is 11.1 Å². The lowest BCUT2D eigenvalue weighted by molar-refractivity contribution is 0.209. The third-order valence-corrected chi connectivity index (χ3v) is 8.42. The highest BCUT2D eigenvalue weighted by molar-refractivity contribution is 7.89. The zero-order valence-electron chi connectivity index (χ0n) is 19.0. The van der Waals surface area contributed by atoms with E-state index < -0.39 is 10.0 Å². The Balaban J connectivity index is 0.00000181. The van der Waals surface area contributed by atoms with Crippen molar-refractivity contribution in [2.75, 3.05) is 37.6 Å². The quantitative estimate of drug-likeness (QED) is 0.612.